The second-order valence-corrected chi connectivity index (χ2v) is 8.37. The van der Waals surface area contributed by atoms with E-state index in [0.717, 1.165) is 19.6 Å². The Morgan fingerprint density at radius 2 is 1.96 bits per heavy atom. The number of piperazine rings is 1. The molecule has 2 rings (SSSR count). The van der Waals surface area contributed by atoms with Gasteiger partial charge in [-0.05, 0) is 38.1 Å². The quantitative estimate of drug-likeness (QED) is 0.751. The van der Waals surface area contributed by atoms with Crippen molar-refractivity contribution in [3.8, 4) is 0 Å². The minimum Gasteiger partial charge on any atom is -0.328 e. The van der Waals surface area contributed by atoms with Crippen LogP contribution in [0, 0.1) is 0 Å². The maximum atomic E-state index is 12.8. The summed E-state index contributed by atoms with van der Waals surface area (Å²) in [6, 6.07) is 6.39. The smallest absolute Gasteiger partial charge is 0.243 e. The van der Waals surface area contributed by atoms with Gasteiger partial charge in [-0.1, -0.05) is 13.0 Å². The van der Waals surface area contributed by atoms with Gasteiger partial charge in [0.15, 0.2) is 0 Å². The maximum absolute atomic E-state index is 12.8. The first-order valence-electron chi connectivity index (χ1n) is 8.71. The van der Waals surface area contributed by atoms with Crippen LogP contribution in [0.3, 0.4) is 0 Å². The molecule has 7 nitrogen and oxygen atoms in total. The number of nitrogens with one attached hydrogen (secondary N) is 1. The monoisotopic (exact) mass is 368 g/mol. The summed E-state index contributed by atoms with van der Waals surface area (Å²) in [7, 11) is -3.54. The molecule has 0 saturated carbocycles. The fourth-order valence-electron chi connectivity index (χ4n) is 2.75. The molecule has 1 aliphatic heterocycles. The number of carbonyl (C=O) groups is 1. The lowest BCUT2D eigenvalue weighted by molar-refractivity contribution is -0.116. The highest BCUT2D eigenvalue weighted by Gasteiger charge is 2.28. The van der Waals surface area contributed by atoms with Crippen molar-refractivity contribution in [2.75, 3.05) is 38.0 Å². The topological polar surface area (TPSA) is 95.7 Å². The largest absolute Gasteiger partial charge is 0.328 e. The molecule has 1 fully saturated rings. The number of anilines is 1. The van der Waals surface area contributed by atoms with E-state index in [9.17, 15) is 13.2 Å². The van der Waals surface area contributed by atoms with Crippen molar-refractivity contribution < 1.29 is 13.2 Å². The van der Waals surface area contributed by atoms with Gasteiger partial charge in [0.25, 0.3) is 0 Å². The van der Waals surface area contributed by atoms with E-state index < -0.39 is 10.0 Å². The van der Waals surface area contributed by atoms with Crippen molar-refractivity contribution >= 4 is 21.6 Å². The zero-order valence-corrected chi connectivity index (χ0v) is 15.8. The summed E-state index contributed by atoms with van der Waals surface area (Å²) in [6.07, 6.45) is 0.902. The first kappa shape index (κ1) is 19.8. The molecule has 0 radical (unpaired) electrons. The zero-order chi connectivity index (χ0) is 18.4. The number of rotatable bonds is 7. The fourth-order valence-corrected chi connectivity index (χ4v) is 4.22. The van der Waals surface area contributed by atoms with Gasteiger partial charge in [-0.3, -0.25) is 4.79 Å². The van der Waals surface area contributed by atoms with Crippen LogP contribution in [-0.4, -0.2) is 62.3 Å². The van der Waals surface area contributed by atoms with Crippen molar-refractivity contribution in [3.63, 3.8) is 0 Å². The zero-order valence-electron chi connectivity index (χ0n) is 14.9. The van der Waals surface area contributed by atoms with Gasteiger partial charge >= 0.3 is 0 Å². The van der Waals surface area contributed by atoms with Crippen molar-refractivity contribution in [2.24, 2.45) is 5.73 Å². The summed E-state index contributed by atoms with van der Waals surface area (Å²) in [5.41, 5.74) is 6.14. The van der Waals surface area contributed by atoms with Crippen molar-refractivity contribution in [1.29, 1.82) is 0 Å². The van der Waals surface area contributed by atoms with Gasteiger partial charge in [0, 0.05) is 44.3 Å². The van der Waals surface area contributed by atoms with Crippen LogP contribution < -0.4 is 11.1 Å². The Kier molecular flexibility index (Phi) is 6.95. The Labute approximate surface area is 150 Å². The van der Waals surface area contributed by atoms with Crippen molar-refractivity contribution in [1.82, 2.24) is 9.21 Å². The molecule has 140 valence electrons. The lowest BCUT2D eigenvalue weighted by Gasteiger charge is -2.33. The number of benzene rings is 1. The van der Waals surface area contributed by atoms with Crippen LogP contribution in [0.5, 0.6) is 0 Å². The molecule has 1 unspecified atom stereocenters. The van der Waals surface area contributed by atoms with Crippen LogP contribution in [0.2, 0.25) is 0 Å². The first-order chi connectivity index (χ1) is 11.8. The van der Waals surface area contributed by atoms with Gasteiger partial charge in [0.05, 0.1) is 4.90 Å². The van der Waals surface area contributed by atoms with E-state index in [1.807, 2.05) is 6.92 Å². The van der Waals surface area contributed by atoms with E-state index in [-0.39, 0.29) is 16.8 Å². The summed E-state index contributed by atoms with van der Waals surface area (Å²) in [5, 5.41) is 2.74. The van der Waals surface area contributed by atoms with Crippen LogP contribution in [0.1, 0.15) is 26.7 Å². The molecule has 3 N–H and O–H groups in total. The normalized spacial score (nSPS) is 18.0. The van der Waals surface area contributed by atoms with Gasteiger partial charge in [-0.15, -0.1) is 0 Å². The summed E-state index contributed by atoms with van der Waals surface area (Å²) in [6.45, 7) is 7.30. The Hall–Kier alpha value is -1.48. The highest BCUT2D eigenvalue weighted by molar-refractivity contribution is 7.89. The summed E-state index contributed by atoms with van der Waals surface area (Å²) >= 11 is 0. The van der Waals surface area contributed by atoms with E-state index in [1.165, 1.54) is 10.4 Å². The van der Waals surface area contributed by atoms with Crippen molar-refractivity contribution in [2.45, 2.75) is 37.6 Å². The van der Waals surface area contributed by atoms with Gasteiger partial charge < -0.3 is 16.0 Å². The van der Waals surface area contributed by atoms with E-state index in [1.54, 1.807) is 18.2 Å². The molecular formula is C17H28N4O3S. The van der Waals surface area contributed by atoms with E-state index in [4.69, 9.17) is 5.73 Å². The number of nitrogens with two attached hydrogens (primary N) is 1. The van der Waals surface area contributed by atoms with E-state index >= 15 is 0 Å². The molecule has 1 amide bonds. The highest BCUT2D eigenvalue weighted by Crippen LogP contribution is 2.21. The minimum absolute atomic E-state index is 0.0424. The molecule has 1 atom stereocenters. The van der Waals surface area contributed by atoms with Crippen LogP contribution >= 0.6 is 0 Å². The fraction of sp³-hybridized carbons (Fsp3) is 0.588. The minimum atomic E-state index is -3.54. The highest BCUT2D eigenvalue weighted by atomic mass is 32.2. The molecule has 0 spiro atoms. The van der Waals surface area contributed by atoms with Gasteiger partial charge in [-0.25, -0.2) is 8.42 Å². The van der Waals surface area contributed by atoms with E-state index in [0.29, 0.717) is 31.6 Å². The second-order valence-electron chi connectivity index (χ2n) is 6.43. The van der Waals surface area contributed by atoms with Gasteiger partial charge in [-0.2, -0.15) is 4.31 Å². The lowest BCUT2D eigenvalue weighted by atomic mass is 10.2. The Bertz CT molecular complexity index is 683. The number of carbonyl (C=O) groups excluding carboxylic acids is 1. The average Bonchev–Trinajstić information content (AvgIpc) is 2.60. The predicted molar refractivity (Wildman–Crippen MR) is 98.8 cm³/mol. The van der Waals surface area contributed by atoms with Crippen LogP contribution in [0.15, 0.2) is 29.2 Å². The molecule has 1 aromatic carbocycles. The summed E-state index contributed by atoms with van der Waals surface area (Å²) < 4.78 is 27.1. The van der Waals surface area contributed by atoms with E-state index in [2.05, 4.69) is 17.1 Å². The van der Waals surface area contributed by atoms with Crippen LogP contribution in [0.25, 0.3) is 0 Å². The first-order valence-corrected chi connectivity index (χ1v) is 10.1. The van der Waals surface area contributed by atoms with Crippen LogP contribution in [-0.2, 0) is 14.8 Å². The predicted octanol–water partition coefficient (Wildman–Crippen LogP) is 1.08. The molecular weight excluding hydrogens is 340 g/mol. The Morgan fingerprint density at radius 1 is 1.28 bits per heavy atom. The molecule has 0 aromatic heterocycles. The molecule has 8 heteroatoms. The molecule has 1 aliphatic rings. The molecule has 0 bridgehead atoms. The number of nitrogens with zero attached hydrogens (tertiary/aromatic N) is 2. The molecule has 1 aromatic rings. The SMILES string of the molecule is CCN1CCN(S(=O)(=O)c2cccc(NC(=O)CCC(C)N)c2)CC1. The number of sulfonamides is 1. The second kappa shape index (κ2) is 8.75. The van der Waals surface area contributed by atoms with Gasteiger partial charge in [0.2, 0.25) is 15.9 Å². The Balaban J connectivity index is 2.05. The third-order valence-corrected chi connectivity index (χ3v) is 6.26. The Morgan fingerprint density at radius 3 is 2.56 bits per heavy atom. The van der Waals surface area contributed by atoms with Crippen molar-refractivity contribution in [3.05, 3.63) is 24.3 Å². The molecule has 25 heavy (non-hydrogen) atoms. The van der Waals surface area contributed by atoms with Gasteiger partial charge in [0.1, 0.15) is 0 Å². The number of hydrogen-bond donors (Lipinski definition) is 2. The molecule has 1 saturated heterocycles. The number of likely N-dealkylation sites (N-methyl/N-ethyl adjacent to an activating group) is 1. The van der Waals surface area contributed by atoms with Crippen LogP contribution in [0.4, 0.5) is 5.69 Å². The lowest BCUT2D eigenvalue weighted by Crippen LogP contribution is -2.48. The average molecular weight is 369 g/mol. The summed E-state index contributed by atoms with van der Waals surface area (Å²) in [4.78, 5) is 14.4. The summed E-state index contributed by atoms with van der Waals surface area (Å²) in [5.74, 6) is -0.164. The standard InChI is InChI=1S/C17H28N4O3S/c1-3-20-9-11-21(12-10-20)25(23,24)16-6-4-5-15(13-16)19-17(22)8-7-14(2)18/h4-6,13-14H,3,7-12,18H2,1-2H3,(H,19,22). The molecule has 0 aliphatic carbocycles. The maximum Gasteiger partial charge on any atom is 0.243 e. The third kappa shape index (κ3) is 5.50. The number of amides is 1. The third-order valence-electron chi connectivity index (χ3n) is 4.36. The molecule has 1 heterocycles. The number of hydrogen-bond acceptors (Lipinski definition) is 5.